The third-order valence-corrected chi connectivity index (χ3v) is 4.29. The number of carbonyl (C=O) groups is 1. The van der Waals surface area contributed by atoms with Gasteiger partial charge in [-0.25, -0.2) is 4.79 Å². The molecule has 0 aromatic carbocycles. The van der Waals surface area contributed by atoms with Crippen molar-refractivity contribution >= 4 is 11.7 Å². The summed E-state index contributed by atoms with van der Waals surface area (Å²) in [6, 6.07) is -0.0673. The van der Waals surface area contributed by atoms with Crippen LogP contribution in [0.1, 0.15) is 59.6 Å². The van der Waals surface area contributed by atoms with Gasteiger partial charge in [-0.1, -0.05) is 27.7 Å². The van der Waals surface area contributed by atoms with Crippen molar-refractivity contribution in [1.82, 2.24) is 14.7 Å². The van der Waals surface area contributed by atoms with E-state index in [1.807, 2.05) is 23.4 Å². The highest BCUT2D eigenvalue weighted by atomic mass is 16.5. The van der Waals surface area contributed by atoms with E-state index < -0.39 is 0 Å². The maximum Gasteiger partial charge on any atom is 0.322 e. The van der Waals surface area contributed by atoms with Crippen LogP contribution in [0.3, 0.4) is 0 Å². The summed E-state index contributed by atoms with van der Waals surface area (Å²) < 4.78 is 7.73. The third-order valence-electron chi connectivity index (χ3n) is 4.29. The Kier molecular flexibility index (Phi) is 6.27. The van der Waals surface area contributed by atoms with Crippen LogP contribution in [0.4, 0.5) is 10.5 Å². The number of ether oxygens (including phenoxy) is 1. The lowest BCUT2D eigenvalue weighted by Crippen LogP contribution is -2.49. The average molecular weight is 336 g/mol. The van der Waals surface area contributed by atoms with E-state index in [-0.39, 0.29) is 18.2 Å². The molecule has 6 nitrogen and oxygen atoms in total. The molecule has 0 unspecified atom stereocenters. The molecule has 0 spiro atoms. The molecule has 1 aliphatic rings. The van der Waals surface area contributed by atoms with E-state index in [0.717, 1.165) is 24.3 Å². The van der Waals surface area contributed by atoms with Crippen LogP contribution in [0.2, 0.25) is 0 Å². The Hall–Kier alpha value is -1.56. The lowest BCUT2D eigenvalue weighted by Gasteiger charge is -2.35. The summed E-state index contributed by atoms with van der Waals surface area (Å²) in [6.07, 6.45) is 2.99. The lowest BCUT2D eigenvalue weighted by atomic mass is 10.1. The van der Waals surface area contributed by atoms with Gasteiger partial charge in [0.05, 0.1) is 29.8 Å². The summed E-state index contributed by atoms with van der Waals surface area (Å²) in [5.41, 5.74) is 1.92. The molecule has 136 valence electrons. The summed E-state index contributed by atoms with van der Waals surface area (Å²) in [6.45, 7) is 14.8. The van der Waals surface area contributed by atoms with Gasteiger partial charge in [-0.2, -0.15) is 5.10 Å². The zero-order valence-electron chi connectivity index (χ0n) is 15.9. The number of amides is 2. The molecule has 1 N–H and O–H groups in total. The zero-order valence-corrected chi connectivity index (χ0v) is 15.9. The lowest BCUT2D eigenvalue weighted by molar-refractivity contribution is -0.0530. The number of nitrogens with one attached hydrogen (secondary N) is 1. The number of urea groups is 1. The molecule has 2 atom stereocenters. The second-order valence-electron chi connectivity index (χ2n) is 7.60. The topological polar surface area (TPSA) is 59.4 Å². The van der Waals surface area contributed by atoms with E-state index >= 15 is 0 Å². The van der Waals surface area contributed by atoms with E-state index in [2.05, 4.69) is 38.1 Å². The molecule has 1 saturated heterocycles. The van der Waals surface area contributed by atoms with Crippen molar-refractivity contribution in [2.75, 3.05) is 18.4 Å². The molecule has 2 heterocycles. The van der Waals surface area contributed by atoms with Crippen molar-refractivity contribution in [3.63, 3.8) is 0 Å². The molecule has 1 aromatic rings. The van der Waals surface area contributed by atoms with Crippen LogP contribution in [0.15, 0.2) is 6.20 Å². The Morgan fingerprint density at radius 2 is 1.92 bits per heavy atom. The number of aryl methyl sites for hydroxylation is 1. The van der Waals surface area contributed by atoms with Crippen molar-refractivity contribution in [3.05, 3.63) is 11.9 Å². The summed E-state index contributed by atoms with van der Waals surface area (Å²) in [5, 5.41) is 7.56. The van der Waals surface area contributed by atoms with Crippen LogP contribution in [0.25, 0.3) is 0 Å². The fourth-order valence-electron chi connectivity index (χ4n) is 3.20. The number of carbonyl (C=O) groups excluding carboxylic acids is 1. The molecule has 6 heteroatoms. The van der Waals surface area contributed by atoms with E-state index in [4.69, 9.17) is 4.74 Å². The molecule has 0 radical (unpaired) electrons. The number of hydrogen-bond donors (Lipinski definition) is 1. The van der Waals surface area contributed by atoms with Crippen molar-refractivity contribution < 1.29 is 9.53 Å². The first-order valence-electron chi connectivity index (χ1n) is 9.05. The molecular formula is C18H32N4O2. The van der Waals surface area contributed by atoms with E-state index in [0.29, 0.717) is 24.9 Å². The second-order valence-corrected chi connectivity index (χ2v) is 7.60. The first-order chi connectivity index (χ1) is 11.3. The largest absolute Gasteiger partial charge is 0.372 e. The van der Waals surface area contributed by atoms with Gasteiger partial charge >= 0.3 is 6.03 Å². The normalized spacial score (nSPS) is 21.6. The Balaban J connectivity index is 2.09. The van der Waals surface area contributed by atoms with Crippen LogP contribution in [-0.2, 0) is 11.3 Å². The van der Waals surface area contributed by atoms with Crippen molar-refractivity contribution in [2.45, 2.75) is 72.6 Å². The van der Waals surface area contributed by atoms with Gasteiger partial charge in [-0.05, 0) is 32.1 Å². The van der Waals surface area contributed by atoms with Crippen LogP contribution in [-0.4, -0.2) is 46.0 Å². The Morgan fingerprint density at radius 1 is 1.29 bits per heavy atom. The van der Waals surface area contributed by atoms with Gasteiger partial charge in [0.15, 0.2) is 0 Å². The minimum Gasteiger partial charge on any atom is -0.372 e. The van der Waals surface area contributed by atoms with E-state index in [9.17, 15) is 4.79 Å². The number of rotatable bonds is 5. The molecule has 0 saturated carbocycles. The molecule has 0 bridgehead atoms. The molecule has 1 aromatic heterocycles. The first-order valence-corrected chi connectivity index (χ1v) is 9.05. The van der Waals surface area contributed by atoms with Crippen molar-refractivity contribution in [1.29, 1.82) is 0 Å². The predicted octanol–water partition coefficient (Wildman–Crippen LogP) is 3.69. The molecule has 1 aliphatic heterocycles. The summed E-state index contributed by atoms with van der Waals surface area (Å²) >= 11 is 0. The molecule has 24 heavy (non-hydrogen) atoms. The van der Waals surface area contributed by atoms with Crippen molar-refractivity contribution in [2.24, 2.45) is 5.92 Å². The number of hydrogen-bond acceptors (Lipinski definition) is 3. The second kappa shape index (κ2) is 8.01. The van der Waals surface area contributed by atoms with Crippen LogP contribution >= 0.6 is 0 Å². The highest BCUT2D eigenvalue weighted by Gasteiger charge is 2.27. The van der Waals surface area contributed by atoms with Gasteiger partial charge in [-0.3, -0.25) is 4.68 Å². The van der Waals surface area contributed by atoms with E-state index in [1.165, 1.54) is 0 Å². The van der Waals surface area contributed by atoms with Gasteiger partial charge in [0.25, 0.3) is 0 Å². The molecular weight excluding hydrogens is 304 g/mol. The van der Waals surface area contributed by atoms with Crippen LogP contribution in [0, 0.1) is 5.92 Å². The van der Waals surface area contributed by atoms with Crippen LogP contribution in [0.5, 0.6) is 0 Å². The maximum atomic E-state index is 12.6. The molecule has 1 fully saturated rings. The smallest absolute Gasteiger partial charge is 0.322 e. The zero-order chi connectivity index (χ0) is 17.9. The molecule has 2 rings (SSSR count). The summed E-state index contributed by atoms with van der Waals surface area (Å²) in [7, 11) is 0. The van der Waals surface area contributed by atoms with Gasteiger partial charge in [0, 0.05) is 19.6 Å². The maximum absolute atomic E-state index is 12.6. The van der Waals surface area contributed by atoms with Crippen LogP contribution < -0.4 is 5.32 Å². The third kappa shape index (κ3) is 4.72. The van der Waals surface area contributed by atoms with Gasteiger partial charge in [-0.15, -0.1) is 0 Å². The highest BCUT2D eigenvalue weighted by Crippen LogP contribution is 2.25. The number of anilines is 1. The van der Waals surface area contributed by atoms with Crippen molar-refractivity contribution in [3.8, 4) is 0 Å². The minimum absolute atomic E-state index is 0.0673. The molecule has 0 aliphatic carbocycles. The monoisotopic (exact) mass is 336 g/mol. The standard InChI is InChI=1S/C18H32N4O2/c1-12(2)7-8-22-17(13(3)4)16(9-19-22)20-18(23)21-10-14(5)24-15(6)11-21/h9,12-15H,7-8,10-11H2,1-6H3,(H,20,23)/t14-,15-/m0/s1. The van der Waals surface area contributed by atoms with Gasteiger partial charge in [0.1, 0.15) is 0 Å². The average Bonchev–Trinajstić information content (AvgIpc) is 2.86. The number of aromatic nitrogens is 2. The number of nitrogens with zero attached hydrogens (tertiary/aromatic N) is 3. The van der Waals surface area contributed by atoms with E-state index in [1.54, 1.807) is 6.20 Å². The quantitative estimate of drug-likeness (QED) is 0.892. The van der Waals surface area contributed by atoms with Gasteiger partial charge < -0.3 is 15.0 Å². The molecule has 2 amide bonds. The fraction of sp³-hybridized carbons (Fsp3) is 0.778. The Bertz CT molecular complexity index is 543. The first kappa shape index (κ1) is 18.8. The summed E-state index contributed by atoms with van der Waals surface area (Å²) in [4.78, 5) is 14.5. The van der Waals surface area contributed by atoms with Gasteiger partial charge in [0.2, 0.25) is 0 Å². The predicted molar refractivity (Wildman–Crippen MR) is 96.4 cm³/mol. The Morgan fingerprint density at radius 3 is 2.46 bits per heavy atom. The SMILES string of the molecule is CC(C)CCn1ncc(NC(=O)N2C[C@H](C)O[C@@H](C)C2)c1C(C)C. The fourth-order valence-corrected chi connectivity index (χ4v) is 3.20. The number of morpholine rings is 1. The Labute approximate surface area is 145 Å². The minimum atomic E-state index is -0.0673. The summed E-state index contributed by atoms with van der Waals surface area (Å²) in [5.74, 6) is 0.932. The highest BCUT2D eigenvalue weighted by molar-refractivity contribution is 5.90.